The van der Waals surface area contributed by atoms with Gasteiger partial charge in [-0.05, 0) is 5.56 Å². The maximum atomic E-state index is 12.9. The number of rotatable bonds is 8. The van der Waals surface area contributed by atoms with Crippen LogP contribution in [0.25, 0.3) is 0 Å². The molecule has 2 aliphatic heterocycles. The SMILES string of the molecule is CO/N=C(\C(=O)N[C@@H]1C(=O)N2C(C(=O)O)=C(C[n+]3ccc(CO)cc3)CS[C@H]12)c1nsc(N)n1. The van der Waals surface area contributed by atoms with E-state index < -0.39 is 29.2 Å². The van der Waals surface area contributed by atoms with Gasteiger partial charge in [-0.3, -0.25) is 14.5 Å². The molecule has 2 atom stereocenters. The molecule has 15 heteroatoms. The molecule has 0 saturated carbocycles. The number of fused-ring (bicyclic) bond motifs is 1. The van der Waals surface area contributed by atoms with Crippen LogP contribution in [-0.4, -0.2) is 72.2 Å². The van der Waals surface area contributed by atoms with Gasteiger partial charge in [-0.15, -0.1) is 11.8 Å². The van der Waals surface area contributed by atoms with E-state index in [4.69, 9.17) is 10.6 Å². The summed E-state index contributed by atoms with van der Waals surface area (Å²) in [6.07, 6.45) is 3.46. The van der Waals surface area contributed by atoms with Crippen molar-refractivity contribution in [3.05, 3.63) is 47.2 Å². The van der Waals surface area contributed by atoms with Crippen LogP contribution < -0.4 is 15.6 Å². The summed E-state index contributed by atoms with van der Waals surface area (Å²) in [7, 11) is 1.25. The van der Waals surface area contributed by atoms with E-state index in [9.17, 15) is 24.6 Å². The van der Waals surface area contributed by atoms with Gasteiger partial charge in [-0.1, -0.05) is 5.16 Å². The second-order valence-corrected chi connectivity index (χ2v) is 9.12. The summed E-state index contributed by atoms with van der Waals surface area (Å²) in [6, 6.07) is 2.50. The number of hydrogen-bond donors (Lipinski definition) is 4. The molecular formula is C19H20N7O6S2+. The first-order chi connectivity index (χ1) is 16.3. The van der Waals surface area contributed by atoms with Crippen molar-refractivity contribution in [2.24, 2.45) is 5.16 Å². The summed E-state index contributed by atoms with van der Waals surface area (Å²) in [4.78, 5) is 47.5. The Morgan fingerprint density at radius 2 is 2.15 bits per heavy atom. The number of carboxylic acids is 1. The summed E-state index contributed by atoms with van der Waals surface area (Å²) in [5, 5.41) is 24.8. The average molecular weight is 507 g/mol. The fourth-order valence-electron chi connectivity index (χ4n) is 3.54. The molecule has 0 spiro atoms. The zero-order valence-electron chi connectivity index (χ0n) is 17.7. The van der Waals surface area contributed by atoms with Crippen molar-refractivity contribution < 1.29 is 34.0 Å². The molecule has 2 amide bonds. The topological polar surface area (TPSA) is 184 Å². The number of carboxylic acid groups (broad SMARTS) is 1. The number of β-lactam (4-membered cyclic amide) rings is 1. The minimum absolute atomic E-state index is 0.0422. The van der Waals surface area contributed by atoms with E-state index in [2.05, 4.69) is 19.8 Å². The van der Waals surface area contributed by atoms with Gasteiger partial charge in [0.25, 0.3) is 11.8 Å². The molecule has 2 aromatic heterocycles. The Morgan fingerprint density at radius 3 is 2.74 bits per heavy atom. The third kappa shape index (κ3) is 4.44. The predicted molar refractivity (Wildman–Crippen MR) is 120 cm³/mol. The van der Waals surface area contributed by atoms with Gasteiger partial charge in [-0.25, -0.2) is 9.36 Å². The largest absolute Gasteiger partial charge is 0.477 e. The van der Waals surface area contributed by atoms with Gasteiger partial charge >= 0.3 is 5.97 Å². The second-order valence-electron chi connectivity index (χ2n) is 7.23. The molecule has 0 bridgehead atoms. The Hall–Kier alpha value is -3.56. The molecule has 0 aromatic carbocycles. The lowest BCUT2D eigenvalue weighted by molar-refractivity contribution is -0.689. The number of aliphatic hydroxyl groups excluding tert-OH is 1. The lowest BCUT2D eigenvalue weighted by Gasteiger charge is -2.49. The van der Waals surface area contributed by atoms with E-state index in [1.54, 1.807) is 29.1 Å². The molecule has 0 aliphatic carbocycles. The van der Waals surface area contributed by atoms with Crippen molar-refractivity contribution in [2.75, 3.05) is 18.6 Å². The van der Waals surface area contributed by atoms with E-state index in [0.717, 1.165) is 17.1 Å². The van der Waals surface area contributed by atoms with Crippen LogP contribution in [0.5, 0.6) is 0 Å². The highest BCUT2D eigenvalue weighted by Gasteiger charge is 2.54. The van der Waals surface area contributed by atoms with Crippen LogP contribution in [0, 0.1) is 0 Å². The smallest absolute Gasteiger partial charge is 0.352 e. The monoisotopic (exact) mass is 506 g/mol. The van der Waals surface area contributed by atoms with Gasteiger partial charge in [0.05, 0.1) is 6.61 Å². The van der Waals surface area contributed by atoms with E-state index in [1.807, 2.05) is 0 Å². The van der Waals surface area contributed by atoms with Gasteiger partial charge in [0.1, 0.15) is 24.2 Å². The van der Waals surface area contributed by atoms with Gasteiger partial charge < -0.3 is 26.1 Å². The van der Waals surface area contributed by atoms with Crippen LogP contribution >= 0.6 is 23.3 Å². The van der Waals surface area contributed by atoms with Crippen molar-refractivity contribution >= 4 is 51.9 Å². The minimum Gasteiger partial charge on any atom is -0.477 e. The van der Waals surface area contributed by atoms with Crippen LogP contribution in [-0.2, 0) is 32.4 Å². The van der Waals surface area contributed by atoms with E-state index in [0.29, 0.717) is 11.3 Å². The summed E-state index contributed by atoms with van der Waals surface area (Å²) in [5.41, 5.74) is 6.50. The Morgan fingerprint density at radius 1 is 1.41 bits per heavy atom. The Labute approximate surface area is 201 Å². The molecule has 4 rings (SSSR count). The Balaban J connectivity index is 1.52. The van der Waals surface area contributed by atoms with Crippen LogP contribution in [0.15, 0.2) is 41.0 Å². The molecule has 0 unspecified atom stereocenters. The molecular weight excluding hydrogens is 486 g/mol. The lowest BCUT2D eigenvalue weighted by Crippen LogP contribution is -2.71. The molecule has 1 saturated heterocycles. The first kappa shape index (κ1) is 23.6. The number of amides is 2. The number of anilines is 1. The number of carbonyl (C=O) groups excluding carboxylic acids is 2. The molecule has 5 N–H and O–H groups in total. The first-order valence-electron chi connectivity index (χ1n) is 9.84. The van der Waals surface area contributed by atoms with Crippen LogP contribution in [0.4, 0.5) is 5.13 Å². The van der Waals surface area contributed by atoms with Crippen LogP contribution in [0.2, 0.25) is 0 Å². The van der Waals surface area contributed by atoms with Gasteiger partial charge in [-0.2, -0.15) is 9.36 Å². The lowest BCUT2D eigenvalue weighted by atomic mass is 10.0. The zero-order chi connectivity index (χ0) is 24.4. The number of nitrogens with one attached hydrogen (secondary N) is 1. The molecule has 4 heterocycles. The van der Waals surface area contributed by atoms with Crippen molar-refractivity contribution in [1.82, 2.24) is 19.6 Å². The summed E-state index contributed by atoms with van der Waals surface area (Å²) >= 11 is 2.22. The molecule has 2 aromatic rings. The molecule has 0 radical (unpaired) electrons. The zero-order valence-corrected chi connectivity index (χ0v) is 19.4. The number of thioether (sulfide) groups is 1. The number of aliphatic hydroxyl groups is 1. The number of oxime groups is 1. The molecule has 2 aliphatic rings. The van der Waals surface area contributed by atoms with Gasteiger partial charge in [0.2, 0.25) is 11.5 Å². The third-order valence-corrected chi connectivity index (χ3v) is 6.99. The fraction of sp³-hybridized carbons (Fsp3) is 0.316. The van der Waals surface area contributed by atoms with Crippen molar-refractivity contribution in [1.29, 1.82) is 0 Å². The highest BCUT2D eigenvalue weighted by atomic mass is 32.2. The van der Waals surface area contributed by atoms with Crippen molar-refractivity contribution in [3.8, 4) is 0 Å². The number of nitrogens with two attached hydrogens (primary N) is 1. The van der Waals surface area contributed by atoms with E-state index in [1.165, 1.54) is 23.8 Å². The normalized spacial score (nSPS) is 20.0. The number of aromatic nitrogens is 3. The molecule has 13 nitrogen and oxygen atoms in total. The molecule has 1 fully saturated rings. The third-order valence-electron chi connectivity index (χ3n) is 5.10. The Bertz CT molecular complexity index is 1200. The quantitative estimate of drug-likeness (QED) is 0.145. The number of carbonyl (C=O) groups is 3. The number of aliphatic carboxylic acids is 1. The number of hydrogen-bond acceptors (Lipinski definition) is 11. The van der Waals surface area contributed by atoms with Crippen molar-refractivity contribution in [3.63, 3.8) is 0 Å². The molecule has 178 valence electrons. The standard InChI is InChI=1S/C19H19N7O6S2/c1-32-23-11(14-22-19(20)34-24-14)15(28)21-12-16(29)26-13(18(30)31)10(8-33-17(12)26)6-25-4-2-9(7-27)3-5-25/h2-5,12,17,27H,6-8H2,1H3,(H3-,20,21,22,24,28,30,31)/p+1/b23-11-/t12-,17-/m1/s1. The van der Waals surface area contributed by atoms with Gasteiger partial charge in [0.15, 0.2) is 24.1 Å². The first-order valence-corrected chi connectivity index (χ1v) is 11.7. The highest BCUT2D eigenvalue weighted by Crippen LogP contribution is 2.40. The maximum Gasteiger partial charge on any atom is 0.352 e. The van der Waals surface area contributed by atoms with E-state index in [-0.39, 0.29) is 35.5 Å². The van der Waals surface area contributed by atoms with Crippen LogP contribution in [0.1, 0.15) is 11.4 Å². The summed E-state index contributed by atoms with van der Waals surface area (Å²) < 4.78 is 5.70. The second kappa shape index (κ2) is 9.74. The minimum atomic E-state index is -1.23. The van der Waals surface area contributed by atoms with Crippen molar-refractivity contribution in [2.45, 2.75) is 24.6 Å². The number of nitrogens with zero attached hydrogens (tertiary/aromatic N) is 5. The molecule has 34 heavy (non-hydrogen) atoms. The highest BCUT2D eigenvalue weighted by molar-refractivity contribution is 8.00. The van der Waals surface area contributed by atoms with E-state index >= 15 is 0 Å². The number of nitrogen functional groups attached to an aromatic ring is 1. The Kier molecular flexibility index (Phi) is 6.76. The average Bonchev–Trinajstić information content (AvgIpc) is 3.26. The van der Waals surface area contributed by atoms with Gasteiger partial charge in [0, 0.05) is 35.0 Å². The summed E-state index contributed by atoms with van der Waals surface area (Å²) in [5.74, 6) is -2.22. The van der Waals surface area contributed by atoms with Crippen LogP contribution in [0.3, 0.4) is 0 Å². The maximum absolute atomic E-state index is 12.9. The fourth-order valence-corrected chi connectivity index (χ4v) is 5.31. The predicted octanol–water partition coefficient (Wildman–Crippen LogP) is -1.31. The number of pyridine rings is 1. The summed E-state index contributed by atoms with van der Waals surface area (Å²) in [6.45, 7) is 0.162.